The van der Waals surface area contributed by atoms with E-state index in [1.165, 1.54) is 72.8 Å². The van der Waals surface area contributed by atoms with E-state index < -0.39 is 53.7 Å². The molecule has 56 heavy (non-hydrogen) atoms. The molecule has 6 rings (SSSR count). The van der Waals surface area contributed by atoms with E-state index in [0.29, 0.717) is 11.1 Å². The van der Waals surface area contributed by atoms with E-state index in [2.05, 4.69) is 21.3 Å². The van der Waals surface area contributed by atoms with Crippen molar-refractivity contribution in [3.63, 3.8) is 0 Å². The van der Waals surface area contributed by atoms with Crippen molar-refractivity contribution >= 4 is 88.2 Å². The average molecular weight is 799 g/mol. The molecule has 0 aliphatic heterocycles. The third kappa shape index (κ3) is 7.84. The molecule has 0 aliphatic rings. The van der Waals surface area contributed by atoms with Crippen molar-refractivity contribution in [3.8, 4) is 11.5 Å². The predicted octanol–water partition coefficient (Wildman–Crippen LogP) is 5.60. The maximum absolute atomic E-state index is 13.4. The second-order valence-corrected chi connectivity index (χ2v) is 15.2. The number of anilines is 4. The zero-order chi connectivity index (χ0) is 40.7. The second-order valence-electron chi connectivity index (χ2n) is 12.4. The van der Waals surface area contributed by atoms with E-state index in [1.807, 2.05) is 0 Å². The predicted molar refractivity (Wildman–Crippen MR) is 206 cm³/mol. The number of amides is 4. The molecule has 6 aromatic rings. The van der Waals surface area contributed by atoms with Gasteiger partial charge in [0.15, 0.2) is 0 Å². The van der Waals surface area contributed by atoms with Gasteiger partial charge in [0.1, 0.15) is 21.3 Å². The molecule has 0 aliphatic carbocycles. The van der Waals surface area contributed by atoms with E-state index in [-0.39, 0.29) is 66.9 Å². The lowest BCUT2D eigenvalue weighted by Crippen LogP contribution is -2.29. The van der Waals surface area contributed by atoms with Gasteiger partial charge in [-0.1, -0.05) is 36.4 Å². The average Bonchev–Trinajstić information content (AvgIpc) is 3.12. The Labute approximate surface area is 318 Å². The minimum absolute atomic E-state index is 0.0245. The number of aromatic hydroxyl groups is 2. The Kier molecular flexibility index (Phi) is 10.2. The van der Waals surface area contributed by atoms with Crippen LogP contribution >= 0.6 is 0 Å². The smallest absolute Gasteiger partial charge is 0.314 e. The number of fused-ring (bicyclic) bond motifs is 2. The minimum Gasteiger partial charge on any atom is -0.507 e. The molecule has 6 aromatic carbocycles. The molecule has 0 radical (unpaired) electrons. The van der Waals surface area contributed by atoms with Crippen molar-refractivity contribution in [2.24, 2.45) is 0 Å². The van der Waals surface area contributed by atoms with Gasteiger partial charge in [0, 0.05) is 44.0 Å². The van der Waals surface area contributed by atoms with E-state index >= 15 is 0 Å². The van der Waals surface area contributed by atoms with Crippen molar-refractivity contribution in [1.29, 1.82) is 0 Å². The minimum atomic E-state index is -4.67. The first-order valence-electron chi connectivity index (χ1n) is 16.2. The lowest BCUT2D eigenvalue weighted by Gasteiger charge is -2.14. The quantitative estimate of drug-likeness (QED) is 0.0691. The van der Waals surface area contributed by atoms with Gasteiger partial charge >= 0.3 is 11.8 Å². The molecule has 0 atom stereocenters. The summed E-state index contributed by atoms with van der Waals surface area (Å²) in [5.74, 6) is -4.43. The van der Waals surface area contributed by atoms with Crippen LogP contribution in [-0.4, -0.2) is 59.8 Å². The van der Waals surface area contributed by atoms with Gasteiger partial charge in [0.2, 0.25) is 0 Å². The summed E-state index contributed by atoms with van der Waals surface area (Å²) in [5, 5.41) is 30.8. The van der Waals surface area contributed by atoms with E-state index in [4.69, 9.17) is 0 Å². The van der Waals surface area contributed by atoms with E-state index in [0.717, 1.165) is 24.3 Å². The van der Waals surface area contributed by atoms with Crippen LogP contribution in [0.5, 0.6) is 11.5 Å². The molecule has 0 bridgehead atoms. The van der Waals surface area contributed by atoms with E-state index in [1.54, 1.807) is 13.8 Å². The van der Waals surface area contributed by atoms with Crippen molar-refractivity contribution in [3.05, 3.63) is 119 Å². The third-order valence-electron chi connectivity index (χ3n) is 8.70. The number of phenols is 2. The number of hydrogen-bond donors (Lipinski definition) is 8. The van der Waals surface area contributed by atoms with Crippen molar-refractivity contribution in [1.82, 2.24) is 0 Å². The maximum atomic E-state index is 13.4. The number of hydrogen-bond acceptors (Lipinski definition) is 10. The molecule has 0 heterocycles. The summed E-state index contributed by atoms with van der Waals surface area (Å²) in [7, 11) is -9.34. The molecule has 16 nitrogen and oxygen atoms in total. The summed E-state index contributed by atoms with van der Waals surface area (Å²) < 4.78 is 66.9. The molecular formula is C38H30N4O12S2. The summed E-state index contributed by atoms with van der Waals surface area (Å²) in [6.45, 7) is 3.21. The highest BCUT2D eigenvalue weighted by atomic mass is 32.2. The fourth-order valence-electron chi connectivity index (χ4n) is 6.02. The van der Waals surface area contributed by atoms with Crippen molar-refractivity contribution in [2.75, 3.05) is 21.3 Å². The van der Waals surface area contributed by atoms with Crippen LogP contribution in [0.1, 0.15) is 31.8 Å². The van der Waals surface area contributed by atoms with Gasteiger partial charge in [-0.15, -0.1) is 0 Å². The fraction of sp³-hybridized carbons (Fsp3) is 0.0526. The van der Waals surface area contributed by atoms with Gasteiger partial charge < -0.3 is 31.5 Å². The lowest BCUT2D eigenvalue weighted by molar-refractivity contribution is -0.132. The fourth-order valence-corrected chi connectivity index (χ4v) is 7.40. The first-order chi connectivity index (χ1) is 26.3. The molecule has 0 unspecified atom stereocenters. The van der Waals surface area contributed by atoms with Crippen molar-refractivity contribution < 1.29 is 55.3 Å². The Balaban J connectivity index is 1.18. The number of carbonyl (C=O) groups excluding carboxylic acids is 4. The van der Waals surface area contributed by atoms with Crippen LogP contribution in [0.25, 0.3) is 21.5 Å². The van der Waals surface area contributed by atoms with Crippen LogP contribution in [0.15, 0.2) is 107 Å². The molecule has 0 spiro atoms. The van der Waals surface area contributed by atoms with Gasteiger partial charge in [0.25, 0.3) is 32.1 Å². The van der Waals surface area contributed by atoms with Crippen LogP contribution in [0.4, 0.5) is 22.7 Å². The Morgan fingerprint density at radius 3 is 1.23 bits per heavy atom. The van der Waals surface area contributed by atoms with Crippen LogP contribution < -0.4 is 21.3 Å². The van der Waals surface area contributed by atoms with Gasteiger partial charge in [-0.25, -0.2) is 0 Å². The summed E-state index contributed by atoms with van der Waals surface area (Å²) in [4.78, 5) is 51.8. The number of carbonyl (C=O) groups is 4. The molecule has 0 saturated carbocycles. The van der Waals surface area contributed by atoms with Crippen LogP contribution in [-0.2, 0) is 29.8 Å². The summed E-state index contributed by atoms with van der Waals surface area (Å²) in [5.41, 5.74) is 1.16. The number of rotatable bonds is 8. The number of benzene rings is 6. The molecule has 0 saturated heterocycles. The second kappa shape index (κ2) is 14.8. The normalized spacial score (nSPS) is 11.6. The zero-order valence-electron chi connectivity index (χ0n) is 29.1. The first kappa shape index (κ1) is 38.9. The number of phenolic OH excluding ortho intramolecular Hbond substituents is 2. The summed E-state index contributed by atoms with van der Waals surface area (Å²) in [6.07, 6.45) is 0. The largest absolute Gasteiger partial charge is 0.507 e. The Morgan fingerprint density at radius 2 is 0.875 bits per heavy atom. The Morgan fingerprint density at radius 1 is 0.500 bits per heavy atom. The Hall–Kier alpha value is -6.86. The highest BCUT2D eigenvalue weighted by Gasteiger charge is 2.23. The molecule has 18 heteroatoms. The number of nitrogens with one attached hydrogen (secondary N) is 4. The lowest BCUT2D eigenvalue weighted by atomic mass is 10.0. The molecule has 0 fully saturated rings. The van der Waals surface area contributed by atoms with Crippen LogP contribution in [0.2, 0.25) is 0 Å². The SMILES string of the molecule is Cc1ccc(NC(=O)C(=O)Nc2ccc(C)c(C(=O)Nc3cccc4c(S(=O)(=O)O)ccc(O)c34)c2)cc1C(=O)Nc1cccc2c(S(=O)(=O)O)ccc(O)c12. The molecule has 0 aromatic heterocycles. The van der Waals surface area contributed by atoms with Crippen LogP contribution in [0.3, 0.4) is 0 Å². The molecule has 4 amide bonds. The maximum Gasteiger partial charge on any atom is 0.314 e. The highest BCUT2D eigenvalue weighted by Crippen LogP contribution is 2.37. The standard InChI is InChI=1S/C38H30N4O12S2/c1-19-9-11-21(17-25(19)35(45)41-27-7-3-5-23-31(55(49,50)51)15-13-29(43)33(23)27)39-37(47)38(48)40-22-12-10-20(2)26(18-22)36(46)42-28-8-4-6-24-32(56(52,53)54)16-14-30(44)34(24)28/h3-18,43-44H,1-2H3,(H,39,47)(H,40,48)(H,41,45)(H,42,46)(H,49,50,51)(H,52,53,54). The Bertz CT molecular complexity index is 2700. The van der Waals surface area contributed by atoms with Gasteiger partial charge in [0.05, 0.1) is 11.4 Å². The van der Waals surface area contributed by atoms with Crippen LogP contribution in [0, 0.1) is 13.8 Å². The number of aryl methyl sites for hydroxylation is 2. The first-order valence-corrected chi connectivity index (χ1v) is 19.1. The van der Waals surface area contributed by atoms with Gasteiger partial charge in [-0.05, 0) is 85.6 Å². The third-order valence-corrected chi connectivity index (χ3v) is 10.5. The summed E-state index contributed by atoms with van der Waals surface area (Å²) >= 11 is 0. The topological polar surface area (TPSA) is 266 Å². The van der Waals surface area contributed by atoms with E-state index in [9.17, 15) is 55.3 Å². The zero-order valence-corrected chi connectivity index (χ0v) is 30.7. The molecular weight excluding hydrogens is 769 g/mol. The van der Waals surface area contributed by atoms with Gasteiger partial charge in [-0.2, -0.15) is 16.8 Å². The summed E-state index contributed by atoms with van der Waals surface area (Å²) in [6, 6.07) is 21.0. The monoisotopic (exact) mass is 798 g/mol. The molecule has 8 N–H and O–H groups in total. The van der Waals surface area contributed by atoms with Crippen molar-refractivity contribution in [2.45, 2.75) is 23.6 Å². The van der Waals surface area contributed by atoms with Gasteiger partial charge in [-0.3, -0.25) is 28.3 Å². The highest BCUT2D eigenvalue weighted by molar-refractivity contribution is 7.86. The molecule has 286 valence electrons.